The van der Waals surface area contributed by atoms with Gasteiger partial charge in [0.05, 0.1) is 18.8 Å². The molecule has 0 amide bonds. The highest BCUT2D eigenvalue weighted by atomic mass is 16.5. The van der Waals surface area contributed by atoms with E-state index in [0.29, 0.717) is 35.8 Å². The molecule has 0 saturated carbocycles. The number of carbonyl (C=O) groups excluding carboxylic acids is 2. The summed E-state index contributed by atoms with van der Waals surface area (Å²) in [6, 6.07) is 10.7. The van der Waals surface area contributed by atoms with E-state index < -0.39 is 5.97 Å². The first-order valence-corrected chi connectivity index (χ1v) is 9.42. The van der Waals surface area contributed by atoms with Crippen LogP contribution in [0.15, 0.2) is 36.4 Å². The van der Waals surface area contributed by atoms with Gasteiger partial charge in [-0.25, -0.2) is 4.79 Å². The van der Waals surface area contributed by atoms with E-state index in [1.54, 1.807) is 24.3 Å². The Kier molecular flexibility index (Phi) is 5.10. The van der Waals surface area contributed by atoms with Gasteiger partial charge < -0.3 is 14.2 Å². The van der Waals surface area contributed by atoms with Crippen LogP contribution in [-0.4, -0.2) is 31.6 Å². The predicted molar refractivity (Wildman–Crippen MR) is 99.7 cm³/mol. The van der Waals surface area contributed by atoms with Gasteiger partial charge in [0.2, 0.25) is 0 Å². The van der Waals surface area contributed by atoms with Gasteiger partial charge in [0.15, 0.2) is 23.9 Å². The third-order valence-corrected chi connectivity index (χ3v) is 4.99. The van der Waals surface area contributed by atoms with Gasteiger partial charge in [-0.1, -0.05) is 6.07 Å². The fourth-order valence-corrected chi connectivity index (χ4v) is 3.49. The zero-order valence-corrected chi connectivity index (χ0v) is 15.2. The fourth-order valence-electron chi connectivity index (χ4n) is 3.49. The number of rotatable bonds is 4. The minimum Gasteiger partial charge on any atom is -0.490 e. The molecule has 2 aliphatic rings. The van der Waals surface area contributed by atoms with E-state index in [4.69, 9.17) is 14.2 Å². The van der Waals surface area contributed by atoms with Crippen molar-refractivity contribution in [3.63, 3.8) is 0 Å². The summed E-state index contributed by atoms with van der Waals surface area (Å²) < 4.78 is 16.4. The number of hydrogen-bond donors (Lipinski definition) is 0. The van der Waals surface area contributed by atoms with Crippen molar-refractivity contribution in [3.8, 4) is 11.5 Å². The third kappa shape index (κ3) is 3.97. The molecule has 2 aromatic carbocycles. The molecule has 2 aromatic rings. The van der Waals surface area contributed by atoms with Gasteiger partial charge in [-0.15, -0.1) is 0 Å². The summed E-state index contributed by atoms with van der Waals surface area (Å²) in [5, 5.41) is 0. The average Bonchev–Trinajstić information content (AvgIpc) is 2.96. The van der Waals surface area contributed by atoms with Crippen LogP contribution in [0.3, 0.4) is 0 Å². The Morgan fingerprint density at radius 1 is 0.815 bits per heavy atom. The lowest BCUT2D eigenvalue weighted by molar-refractivity contribution is 0.0474. The summed E-state index contributed by atoms with van der Waals surface area (Å²) in [7, 11) is 0. The standard InChI is InChI=1S/C22H22O5/c23-19(17-8-9-20-21(13-17)26-11-3-10-25-20)14-27-22(24)18-7-6-15-4-1-2-5-16(15)12-18/h6-9,12-13H,1-5,10-11,14H2. The second kappa shape index (κ2) is 7.82. The topological polar surface area (TPSA) is 61.8 Å². The van der Waals surface area contributed by atoms with E-state index in [1.165, 1.54) is 17.5 Å². The molecule has 1 aliphatic carbocycles. The molecule has 1 aliphatic heterocycles. The molecule has 0 N–H and O–H groups in total. The lowest BCUT2D eigenvalue weighted by atomic mass is 9.90. The van der Waals surface area contributed by atoms with Crippen molar-refractivity contribution in [2.45, 2.75) is 32.1 Å². The number of hydrogen-bond acceptors (Lipinski definition) is 5. The van der Waals surface area contributed by atoms with E-state index in [1.807, 2.05) is 12.1 Å². The molecule has 0 fully saturated rings. The molecule has 0 bridgehead atoms. The van der Waals surface area contributed by atoms with E-state index >= 15 is 0 Å². The fraction of sp³-hybridized carbons (Fsp3) is 0.364. The van der Waals surface area contributed by atoms with Crippen molar-refractivity contribution >= 4 is 11.8 Å². The Morgan fingerprint density at radius 2 is 1.56 bits per heavy atom. The molecular formula is C22H22O5. The van der Waals surface area contributed by atoms with Crippen LogP contribution >= 0.6 is 0 Å². The summed E-state index contributed by atoms with van der Waals surface area (Å²) in [6.45, 7) is 0.853. The molecule has 0 radical (unpaired) electrons. The molecule has 1 heterocycles. The first kappa shape index (κ1) is 17.6. The molecule has 5 nitrogen and oxygen atoms in total. The minimum absolute atomic E-state index is 0.267. The van der Waals surface area contributed by atoms with Crippen molar-refractivity contribution in [1.29, 1.82) is 0 Å². The van der Waals surface area contributed by atoms with Crippen molar-refractivity contribution in [2.75, 3.05) is 19.8 Å². The van der Waals surface area contributed by atoms with Crippen LogP contribution in [0.5, 0.6) is 11.5 Å². The Bertz CT molecular complexity index is 871. The van der Waals surface area contributed by atoms with E-state index in [0.717, 1.165) is 25.7 Å². The number of esters is 1. The number of ether oxygens (including phenoxy) is 3. The largest absolute Gasteiger partial charge is 0.490 e. The van der Waals surface area contributed by atoms with Crippen LogP contribution in [0.25, 0.3) is 0 Å². The molecule has 0 saturated heterocycles. The van der Waals surface area contributed by atoms with Gasteiger partial charge in [-0.05, 0) is 67.1 Å². The zero-order valence-electron chi connectivity index (χ0n) is 15.2. The Morgan fingerprint density at radius 3 is 2.41 bits per heavy atom. The minimum atomic E-state index is -0.467. The molecule has 140 valence electrons. The van der Waals surface area contributed by atoms with E-state index in [2.05, 4.69) is 0 Å². The summed E-state index contributed by atoms with van der Waals surface area (Å²) in [5.41, 5.74) is 3.46. The van der Waals surface area contributed by atoms with Crippen LogP contribution in [-0.2, 0) is 17.6 Å². The van der Waals surface area contributed by atoms with Gasteiger partial charge in [0.25, 0.3) is 0 Å². The van der Waals surface area contributed by atoms with Crippen LogP contribution in [0.4, 0.5) is 0 Å². The summed E-state index contributed by atoms with van der Waals surface area (Å²) in [4.78, 5) is 24.7. The van der Waals surface area contributed by atoms with Crippen LogP contribution in [0.2, 0.25) is 0 Å². The molecule has 0 unspecified atom stereocenters. The summed E-state index contributed by atoms with van der Waals surface area (Å²) in [5.74, 6) is 0.456. The second-order valence-electron chi connectivity index (χ2n) is 6.90. The normalized spacial score (nSPS) is 15.4. The van der Waals surface area contributed by atoms with Gasteiger partial charge in [-0.2, -0.15) is 0 Å². The maximum absolute atomic E-state index is 12.4. The Hall–Kier alpha value is -2.82. The monoisotopic (exact) mass is 366 g/mol. The molecule has 0 atom stereocenters. The first-order chi connectivity index (χ1) is 13.2. The summed E-state index contributed by atoms with van der Waals surface area (Å²) in [6.07, 6.45) is 5.20. The van der Waals surface area contributed by atoms with Crippen molar-refractivity contribution in [3.05, 3.63) is 58.7 Å². The van der Waals surface area contributed by atoms with Crippen LogP contribution in [0, 0.1) is 0 Å². The van der Waals surface area contributed by atoms with Gasteiger partial charge in [-0.3, -0.25) is 4.79 Å². The number of ketones is 1. The number of aryl methyl sites for hydroxylation is 2. The molecule has 0 spiro atoms. The smallest absolute Gasteiger partial charge is 0.338 e. The van der Waals surface area contributed by atoms with Crippen LogP contribution < -0.4 is 9.47 Å². The lowest BCUT2D eigenvalue weighted by Crippen LogP contribution is -2.15. The third-order valence-electron chi connectivity index (χ3n) is 4.99. The Balaban J connectivity index is 1.40. The maximum Gasteiger partial charge on any atom is 0.338 e. The highest BCUT2D eigenvalue weighted by Gasteiger charge is 2.17. The molecule has 27 heavy (non-hydrogen) atoms. The highest BCUT2D eigenvalue weighted by Crippen LogP contribution is 2.30. The maximum atomic E-state index is 12.4. The SMILES string of the molecule is O=C(COC(=O)c1ccc2c(c1)CCCC2)c1ccc2c(c1)OCCCO2. The molecule has 0 aromatic heterocycles. The van der Waals surface area contributed by atoms with Crippen molar-refractivity contribution < 1.29 is 23.8 Å². The number of benzene rings is 2. The quantitative estimate of drug-likeness (QED) is 0.609. The lowest BCUT2D eigenvalue weighted by Gasteiger charge is -2.16. The average molecular weight is 366 g/mol. The van der Waals surface area contributed by atoms with Gasteiger partial charge in [0, 0.05) is 12.0 Å². The summed E-state index contributed by atoms with van der Waals surface area (Å²) >= 11 is 0. The first-order valence-electron chi connectivity index (χ1n) is 9.42. The van der Waals surface area contributed by atoms with Gasteiger partial charge in [0.1, 0.15) is 0 Å². The zero-order chi connectivity index (χ0) is 18.6. The highest BCUT2D eigenvalue weighted by molar-refractivity contribution is 5.99. The Labute approximate surface area is 158 Å². The van der Waals surface area contributed by atoms with E-state index in [9.17, 15) is 9.59 Å². The molecule has 5 heteroatoms. The number of Topliss-reactive ketones (excluding diaryl/α,β-unsaturated/α-hetero) is 1. The van der Waals surface area contributed by atoms with Crippen LogP contribution in [0.1, 0.15) is 51.1 Å². The predicted octanol–water partition coefficient (Wildman–Crippen LogP) is 3.77. The second-order valence-corrected chi connectivity index (χ2v) is 6.90. The number of fused-ring (bicyclic) bond motifs is 2. The van der Waals surface area contributed by atoms with Crippen molar-refractivity contribution in [1.82, 2.24) is 0 Å². The van der Waals surface area contributed by atoms with E-state index in [-0.39, 0.29) is 12.4 Å². The molecule has 4 rings (SSSR count). The number of carbonyl (C=O) groups is 2. The van der Waals surface area contributed by atoms with Crippen molar-refractivity contribution in [2.24, 2.45) is 0 Å². The van der Waals surface area contributed by atoms with Gasteiger partial charge >= 0.3 is 5.97 Å². The molecular weight excluding hydrogens is 344 g/mol.